The molecule has 0 rings (SSSR count). The van der Waals surface area contributed by atoms with Gasteiger partial charge < -0.3 is 10.6 Å². The Morgan fingerprint density at radius 3 is 2.07 bits per heavy atom. The van der Waals surface area contributed by atoms with Crippen LogP contribution < -0.4 is 10.6 Å². The van der Waals surface area contributed by atoms with Crippen molar-refractivity contribution in [2.75, 3.05) is 0 Å². The molecule has 4 heteroatoms. The van der Waals surface area contributed by atoms with E-state index in [0.717, 1.165) is 6.42 Å². The lowest BCUT2D eigenvalue weighted by Crippen LogP contribution is -2.49. The Kier molecular flexibility index (Phi) is 4.60. The molecule has 1 unspecified atom stereocenters. The fraction of sp³-hybridized carbons (Fsp3) is 0.800. The van der Waals surface area contributed by atoms with E-state index in [1.54, 1.807) is 0 Å². The van der Waals surface area contributed by atoms with E-state index in [4.69, 9.17) is 0 Å². The first kappa shape index (κ1) is 12.9. The molecule has 0 bridgehead atoms. The van der Waals surface area contributed by atoms with Gasteiger partial charge in [-0.25, -0.2) is 0 Å². The summed E-state index contributed by atoms with van der Waals surface area (Å²) in [7, 11) is 0. The Labute approximate surface area is 85.4 Å². The zero-order valence-electron chi connectivity index (χ0n) is 9.60. The molecule has 0 radical (unpaired) electrons. The van der Waals surface area contributed by atoms with Crippen molar-refractivity contribution in [3.8, 4) is 0 Å². The summed E-state index contributed by atoms with van der Waals surface area (Å²) in [5.41, 5.74) is -0.371. The molecule has 0 aliphatic heterocycles. The summed E-state index contributed by atoms with van der Waals surface area (Å²) >= 11 is 0. The maximum atomic E-state index is 11.3. The Bertz CT molecular complexity index is 219. The molecular formula is C10H20N2O2. The largest absolute Gasteiger partial charge is 0.345 e. The molecule has 82 valence electrons. The third-order valence-corrected chi connectivity index (χ3v) is 1.68. The lowest BCUT2D eigenvalue weighted by Gasteiger charge is -2.20. The summed E-state index contributed by atoms with van der Waals surface area (Å²) in [6, 6.07) is 0.0354. The van der Waals surface area contributed by atoms with Crippen LogP contribution in [-0.4, -0.2) is 23.4 Å². The van der Waals surface area contributed by atoms with Crippen molar-refractivity contribution in [1.29, 1.82) is 0 Å². The lowest BCUT2D eigenvalue weighted by molar-refractivity contribution is -0.140. The molecule has 0 aromatic heterocycles. The van der Waals surface area contributed by atoms with E-state index in [1.807, 2.05) is 34.6 Å². The molecule has 14 heavy (non-hydrogen) atoms. The first-order chi connectivity index (χ1) is 6.26. The van der Waals surface area contributed by atoms with Gasteiger partial charge in [0.1, 0.15) is 0 Å². The smallest absolute Gasteiger partial charge is 0.309 e. The van der Waals surface area contributed by atoms with E-state index >= 15 is 0 Å². The molecule has 2 N–H and O–H groups in total. The van der Waals surface area contributed by atoms with Gasteiger partial charge in [-0.2, -0.15) is 0 Å². The van der Waals surface area contributed by atoms with Gasteiger partial charge in [0.15, 0.2) is 0 Å². The molecule has 0 aliphatic carbocycles. The Balaban J connectivity index is 4.08. The Morgan fingerprint density at radius 2 is 1.71 bits per heavy atom. The molecule has 0 saturated carbocycles. The van der Waals surface area contributed by atoms with Crippen LogP contribution in [0.2, 0.25) is 0 Å². The van der Waals surface area contributed by atoms with Crippen LogP contribution >= 0.6 is 0 Å². The number of amides is 2. The molecule has 0 aromatic rings. The van der Waals surface area contributed by atoms with Crippen molar-refractivity contribution in [3.05, 3.63) is 0 Å². The number of nitrogens with one attached hydrogen (secondary N) is 2. The zero-order chi connectivity index (χ0) is 11.4. The van der Waals surface area contributed by atoms with Crippen LogP contribution in [0.25, 0.3) is 0 Å². The second-order valence-electron chi connectivity index (χ2n) is 4.49. The predicted octanol–water partition coefficient (Wildman–Crippen LogP) is 0.816. The maximum absolute atomic E-state index is 11.3. The van der Waals surface area contributed by atoms with Gasteiger partial charge in [0.05, 0.1) is 0 Å². The minimum atomic E-state index is -0.571. The van der Waals surface area contributed by atoms with Gasteiger partial charge in [-0.3, -0.25) is 9.59 Å². The van der Waals surface area contributed by atoms with E-state index in [1.165, 1.54) is 0 Å². The number of rotatable bonds is 2. The second kappa shape index (κ2) is 4.98. The minimum absolute atomic E-state index is 0.0354. The summed E-state index contributed by atoms with van der Waals surface area (Å²) in [6.07, 6.45) is 0.814. The van der Waals surface area contributed by atoms with Crippen LogP contribution in [0.5, 0.6) is 0 Å². The summed E-state index contributed by atoms with van der Waals surface area (Å²) in [6.45, 7) is 9.32. The van der Waals surface area contributed by atoms with Crippen molar-refractivity contribution in [2.24, 2.45) is 0 Å². The van der Waals surface area contributed by atoms with Crippen LogP contribution in [0.1, 0.15) is 41.0 Å². The van der Waals surface area contributed by atoms with E-state index in [0.29, 0.717) is 0 Å². The molecule has 2 amide bonds. The highest BCUT2D eigenvalue weighted by Crippen LogP contribution is 1.98. The summed E-state index contributed by atoms with van der Waals surface area (Å²) in [5.74, 6) is -1.13. The van der Waals surface area contributed by atoms with Crippen molar-refractivity contribution in [1.82, 2.24) is 10.6 Å². The molecule has 0 fully saturated rings. The third-order valence-electron chi connectivity index (χ3n) is 1.68. The number of carbonyl (C=O) groups excluding carboxylic acids is 2. The molecule has 0 saturated heterocycles. The summed E-state index contributed by atoms with van der Waals surface area (Å²) in [5, 5.41) is 5.20. The third kappa shape index (κ3) is 5.56. The molecule has 0 heterocycles. The molecule has 0 aliphatic rings. The van der Waals surface area contributed by atoms with Gasteiger partial charge >= 0.3 is 11.8 Å². The van der Waals surface area contributed by atoms with Gasteiger partial charge in [-0.05, 0) is 34.1 Å². The second-order valence-corrected chi connectivity index (χ2v) is 4.49. The summed E-state index contributed by atoms with van der Waals surface area (Å²) in [4.78, 5) is 22.6. The lowest BCUT2D eigenvalue weighted by atomic mass is 10.1. The number of hydrogen-bond donors (Lipinski definition) is 2. The van der Waals surface area contributed by atoms with E-state index in [-0.39, 0.29) is 11.6 Å². The first-order valence-electron chi connectivity index (χ1n) is 4.89. The van der Waals surface area contributed by atoms with Gasteiger partial charge in [0, 0.05) is 11.6 Å². The van der Waals surface area contributed by atoms with Gasteiger partial charge in [-0.1, -0.05) is 6.92 Å². The average molecular weight is 200 g/mol. The Hall–Kier alpha value is -1.06. The van der Waals surface area contributed by atoms with E-state index in [2.05, 4.69) is 10.6 Å². The van der Waals surface area contributed by atoms with Crippen molar-refractivity contribution in [2.45, 2.75) is 52.6 Å². The van der Waals surface area contributed by atoms with E-state index in [9.17, 15) is 9.59 Å². The maximum Gasteiger partial charge on any atom is 0.309 e. The monoisotopic (exact) mass is 200 g/mol. The minimum Gasteiger partial charge on any atom is -0.345 e. The van der Waals surface area contributed by atoms with E-state index < -0.39 is 11.8 Å². The van der Waals surface area contributed by atoms with Crippen molar-refractivity contribution < 1.29 is 9.59 Å². The van der Waals surface area contributed by atoms with Crippen molar-refractivity contribution in [3.63, 3.8) is 0 Å². The number of carbonyl (C=O) groups is 2. The van der Waals surface area contributed by atoms with Gasteiger partial charge in [-0.15, -0.1) is 0 Å². The summed E-state index contributed by atoms with van der Waals surface area (Å²) < 4.78 is 0. The fourth-order valence-electron chi connectivity index (χ4n) is 0.789. The topological polar surface area (TPSA) is 58.2 Å². The highest BCUT2D eigenvalue weighted by atomic mass is 16.2. The average Bonchev–Trinajstić information content (AvgIpc) is 2.00. The Morgan fingerprint density at radius 1 is 1.21 bits per heavy atom. The van der Waals surface area contributed by atoms with Crippen LogP contribution in [0.15, 0.2) is 0 Å². The van der Waals surface area contributed by atoms with Crippen LogP contribution in [0.4, 0.5) is 0 Å². The quantitative estimate of drug-likeness (QED) is 0.648. The van der Waals surface area contributed by atoms with Crippen LogP contribution in [0, 0.1) is 0 Å². The molecule has 0 aromatic carbocycles. The molecular weight excluding hydrogens is 180 g/mol. The highest BCUT2D eigenvalue weighted by Gasteiger charge is 2.20. The van der Waals surface area contributed by atoms with Crippen LogP contribution in [-0.2, 0) is 9.59 Å². The predicted molar refractivity (Wildman–Crippen MR) is 55.8 cm³/mol. The van der Waals surface area contributed by atoms with Crippen molar-refractivity contribution >= 4 is 11.8 Å². The van der Waals surface area contributed by atoms with Crippen LogP contribution in [0.3, 0.4) is 0 Å². The zero-order valence-corrected chi connectivity index (χ0v) is 9.60. The molecule has 1 atom stereocenters. The molecule has 0 spiro atoms. The fourth-order valence-corrected chi connectivity index (χ4v) is 0.789. The van der Waals surface area contributed by atoms with Gasteiger partial charge in [0.25, 0.3) is 0 Å². The standard InChI is InChI=1S/C10H20N2O2/c1-6-7(2)11-8(13)9(14)12-10(3,4)5/h7H,6H2,1-5H3,(H,11,13)(H,12,14). The van der Waals surface area contributed by atoms with Gasteiger partial charge in [0.2, 0.25) is 0 Å². The first-order valence-corrected chi connectivity index (χ1v) is 4.89. The normalized spacial score (nSPS) is 13.2. The SMILES string of the molecule is CCC(C)NC(=O)C(=O)NC(C)(C)C. The highest BCUT2D eigenvalue weighted by molar-refractivity contribution is 6.35. The number of hydrogen-bond acceptors (Lipinski definition) is 2. The molecule has 4 nitrogen and oxygen atoms in total.